The van der Waals surface area contributed by atoms with Crippen molar-refractivity contribution in [1.82, 2.24) is 15.4 Å². The van der Waals surface area contributed by atoms with Gasteiger partial charge in [0.25, 0.3) is 0 Å². The van der Waals surface area contributed by atoms with Gasteiger partial charge in [-0.1, -0.05) is 34.8 Å². The Morgan fingerprint density at radius 3 is 2.36 bits per heavy atom. The summed E-state index contributed by atoms with van der Waals surface area (Å²) in [6.45, 7) is 0. The monoisotopic (exact) mass is 255 g/mol. The Morgan fingerprint density at radius 2 is 1.79 bits per heavy atom. The Hall–Kier alpha value is -0.520. The molecule has 0 aliphatic carbocycles. The van der Waals surface area contributed by atoms with Crippen molar-refractivity contribution in [1.29, 1.82) is 0 Å². The van der Waals surface area contributed by atoms with E-state index in [1.165, 1.54) is 0 Å². The Balaban J connectivity index is 2.73. The van der Waals surface area contributed by atoms with Gasteiger partial charge in [-0.3, -0.25) is 0 Å². The van der Waals surface area contributed by atoms with Crippen molar-refractivity contribution in [2.45, 2.75) is 16.6 Å². The standard InChI is InChI=1S/C6H8Cl3N5/c7-6(8,9)2-1-3-4(10)5(11)13-14-12-3/h1-2H2,(H2,10,14)(H2,11,12,13). The molecule has 0 bridgehead atoms. The average Bonchev–Trinajstić information content (AvgIpc) is 2.06. The third-order valence-electron chi connectivity index (χ3n) is 1.55. The number of halogens is 3. The van der Waals surface area contributed by atoms with Crippen LogP contribution in [0.15, 0.2) is 0 Å². The molecule has 1 rings (SSSR count). The summed E-state index contributed by atoms with van der Waals surface area (Å²) in [4.78, 5) is 0. The van der Waals surface area contributed by atoms with Crippen LogP contribution in [0.4, 0.5) is 11.5 Å². The lowest BCUT2D eigenvalue weighted by Crippen LogP contribution is -2.10. The molecular weight excluding hydrogens is 248 g/mol. The zero-order chi connectivity index (χ0) is 10.8. The number of nitrogens with zero attached hydrogens (tertiary/aromatic N) is 3. The summed E-state index contributed by atoms with van der Waals surface area (Å²) >= 11 is 16.7. The second-order valence-electron chi connectivity index (χ2n) is 2.65. The number of hydrogen-bond acceptors (Lipinski definition) is 5. The molecule has 0 amide bonds. The molecule has 1 aromatic rings. The van der Waals surface area contributed by atoms with Gasteiger partial charge in [0, 0.05) is 6.42 Å². The zero-order valence-corrected chi connectivity index (χ0v) is 9.31. The van der Waals surface area contributed by atoms with E-state index in [1.54, 1.807) is 0 Å². The first-order valence-electron chi connectivity index (χ1n) is 3.70. The van der Waals surface area contributed by atoms with Crippen LogP contribution in [-0.2, 0) is 6.42 Å². The highest BCUT2D eigenvalue weighted by molar-refractivity contribution is 6.67. The maximum atomic E-state index is 5.59. The van der Waals surface area contributed by atoms with E-state index in [9.17, 15) is 0 Å². The number of nitrogen functional groups attached to an aromatic ring is 2. The quantitative estimate of drug-likeness (QED) is 0.779. The smallest absolute Gasteiger partial charge is 0.191 e. The minimum absolute atomic E-state index is 0.138. The van der Waals surface area contributed by atoms with Gasteiger partial charge >= 0.3 is 0 Å². The van der Waals surface area contributed by atoms with Gasteiger partial charge in [0.05, 0.1) is 5.69 Å². The molecule has 14 heavy (non-hydrogen) atoms. The minimum Gasteiger partial charge on any atom is -0.394 e. The lowest BCUT2D eigenvalue weighted by atomic mass is 10.2. The summed E-state index contributed by atoms with van der Waals surface area (Å²) in [6, 6.07) is 0. The third kappa shape index (κ3) is 3.32. The highest BCUT2D eigenvalue weighted by atomic mass is 35.6. The van der Waals surface area contributed by atoms with Crippen LogP contribution in [0.5, 0.6) is 0 Å². The summed E-state index contributed by atoms with van der Waals surface area (Å²) in [5.41, 5.74) is 11.8. The van der Waals surface area contributed by atoms with Gasteiger partial charge in [0.2, 0.25) is 0 Å². The molecule has 0 saturated carbocycles. The van der Waals surface area contributed by atoms with Crippen molar-refractivity contribution in [3.8, 4) is 0 Å². The molecule has 0 aromatic carbocycles. The van der Waals surface area contributed by atoms with Crippen LogP contribution in [0.25, 0.3) is 0 Å². The number of aromatic nitrogens is 3. The number of alkyl halides is 3. The van der Waals surface area contributed by atoms with E-state index in [4.69, 9.17) is 46.3 Å². The summed E-state index contributed by atoms with van der Waals surface area (Å²) in [5, 5.41) is 10.6. The highest BCUT2D eigenvalue weighted by Gasteiger charge is 2.20. The van der Waals surface area contributed by atoms with Crippen molar-refractivity contribution in [2.24, 2.45) is 0 Å². The van der Waals surface area contributed by atoms with Crippen molar-refractivity contribution in [3.63, 3.8) is 0 Å². The Kier molecular flexibility index (Phi) is 3.58. The molecule has 0 aliphatic heterocycles. The lowest BCUT2D eigenvalue weighted by Gasteiger charge is -2.10. The van der Waals surface area contributed by atoms with Gasteiger partial charge in [-0.25, -0.2) is 0 Å². The zero-order valence-electron chi connectivity index (χ0n) is 7.04. The maximum Gasteiger partial charge on any atom is 0.191 e. The molecule has 0 unspecified atom stereocenters. The summed E-state index contributed by atoms with van der Waals surface area (Å²) in [5.74, 6) is 0.138. The lowest BCUT2D eigenvalue weighted by molar-refractivity contribution is 0.766. The molecule has 1 heterocycles. The number of anilines is 2. The molecule has 0 saturated heterocycles. The topological polar surface area (TPSA) is 90.7 Å². The van der Waals surface area contributed by atoms with E-state index in [0.717, 1.165) is 0 Å². The molecule has 8 heteroatoms. The molecule has 0 atom stereocenters. The van der Waals surface area contributed by atoms with Crippen LogP contribution in [0.2, 0.25) is 0 Å². The highest BCUT2D eigenvalue weighted by Crippen LogP contribution is 2.31. The van der Waals surface area contributed by atoms with Crippen LogP contribution in [-0.4, -0.2) is 19.2 Å². The van der Waals surface area contributed by atoms with Gasteiger partial charge < -0.3 is 11.5 Å². The minimum atomic E-state index is -1.33. The molecule has 4 N–H and O–H groups in total. The average molecular weight is 257 g/mol. The number of hydrogen-bond donors (Lipinski definition) is 2. The number of rotatable bonds is 2. The largest absolute Gasteiger partial charge is 0.394 e. The third-order valence-corrected chi connectivity index (χ3v) is 2.12. The molecule has 0 spiro atoms. The van der Waals surface area contributed by atoms with E-state index >= 15 is 0 Å². The van der Waals surface area contributed by atoms with Gasteiger partial charge in [0.1, 0.15) is 5.69 Å². The first kappa shape index (κ1) is 11.6. The fourth-order valence-corrected chi connectivity index (χ4v) is 1.11. The Labute approximate surface area is 95.7 Å². The van der Waals surface area contributed by atoms with E-state index in [2.05, 4.69) is 15.4 Å². The summed E-state index contributed by atoms with van der Waals surface area (Å²) in [6.07, 6.45) is 0.683. The van der Waals surface area contributed by atoms with E-state index in [-0.39, 0.29) is 11.5 Å². The van der Waals surface area contributed by atoms with Crippen molar-refractivity contribution in [2.75, 3.05) is 11.5 Å². The molecule has 5 nitrogen and oxygen atoms in total. The van der Waals surface area contributed by atoms with Crippen LogP contribution in [0, 0.1) is 0 Å². The molecule has 0 fully saturated rings. The van der Waals surface area contributed by atoms with Crippen molar-refractivity contribution >= 4 is 46.3 Å². The van der Waals surface area contributed by atoms with Crippen LogP contribution < -0.4 is 11.5 Å². The van der Waals surface area contributed by atoms with E-state index in [1.807, 2.05) is 0 Å². The van der Waals surface area contributed by atoms with Gasteiger partial charge in [-0.2, -0.15) is 0 Å². The van der Waals surface area contributed by atoms with Crippen LogP contribution in [0.3, 0.4) is 0 Å². The van der Waals surface area contributed by atoms with Gasteiger partial charge in [-0.05, 0) is 11.6 Å². The fraction of sp³-hybridized carbons (Fsp3) is 0.500. The number of nitrogens with two attached hydrogens (primary N) is 2. The molecule has 0 aliphatic rings. The predicted molar refractivity (Wildman–Crippen MR) is 57.3 cm³/mol. The van der Waals surface area contributed by atoms with Crippen molar-refractivity contribution < 1.29 is 0 Å². The molecule has 78 valence electrons. The van der Waals surface area contributed by atoms with Crippen LogP contribution >= 0.6 is 34.8 Å². The Morgan fingerprint density at radius 1 is 1.14 bits per heavy atom. The fourth-order valence-electron chi connectivity index (χ4n) is 0.825. The first-order valence-corrected chi connectivity index (χ1v) is 4.83. The summed E-state index contributed by atoms with van der Waals surface area (Å²) < 4.78 is -1.33. The van der Waals surface area contributed by atoms with Crippen molar-refractivity contribution in [3.05, 3.63) is 5.69 Å². The SMILES string of the molecule is Nc1nnnc(CCC(Cl)(Cl)Cl)c1N. The van der Waals surface area contributed by atoms with E-state index < -0.39 is 3.79 Å². The van der Waals surface area contributed by atoms with Crippen LogP contribution in [0.1, 0.15) is 12.1 Å². The molecular formula is C6H8Cl3N5. The Bertz CT molecular complexity index is 324. The molecule has 1 aromatic heterocycles. The van der Waals surface area contributed by atoms with Gasteiger partial charge in [-0.15, -0.1) is 10.2 Å². The maximum absolute atomic E-state index is 5.59. The predicted octanol–water partition coefficient (Wildman–Crippen LogP) is 1.34. The van der Waals surface area contributed by atoms with Gasteiger partial charge in [0.15, 0.2) is 9.61 Å². The molecule has 0 radical (unpaired) electrons. The first-order chi connectivity index (χ1) is 6.40. The summed E-state index contributed by atoms with van der Waals surface area (Å²) in [7, 11) is 0. The number of aryl methyl sites for hydroxylation is 1. The second-order valence-corrected chi connectivity index (χ2v) is 5.17. The van der Waals surface area contributed by atoms with E-state index in [0.29, 0.717) is 18.5 Å². The normalized spacial score (nSPS) is 11.6. The second kappa shape index (κ2) is 4.33.